The van der Waals surface area contributed by atoms with E-state index in [1.807, 2.05) is 36.0 Å². The lowest BCUT2D eigenvalue weighted by molar-refractivity contribution is 0.699. The van der Waals surface area contributed by atoms with E-state index in [9.17, 15) is 9.59 Å². The van der Waals surface area contributed by atoms with Crippen LogP contribution in [0.2, 0.25) is 0 Å². The van der Waals surface area contributed by atoms with Gasteiger partial charge in [0.15, 0.2) is 0 Å². The van der Waals surface area contributed by atoms with Gasteiger partial charge in [0.1, 0.15) is 4.83 Å². The van der Waals surface area contributed by atoms with Crippen LogP contribution in [-0.2, 0) is 19.4 Å². The van der Waals surface area contributed by atoms with Gasteiger partial charge in [0.2, 0.25) is 0 Å². The summed E-state index contributed by atoms with van der Waals surface area (Å²) in [7, 11) is 0. The first-order chi connectivity index (χ1) is 13.7. The summed E-state index contributed by atoms with van der Waals surface area (Å²) in [5, 5.41) is 1.74. The van der Waals surface area contributed by atoms with Crippen molar-refractivity contribution in [2.24, 2.45) is 0 Å². The second-order valence-electron chi connectivity index (χ2n) is 7.23. The third-order valence-electron chi connectivity index (χ3n) is 5.56. The van der Waals surface area contributed by atoms with Crippen LogP contribution in [0, 0.1) is 0 Å². The summed E-state index contributed by atoms with van der Waals surface area (Å²) >= 11 is 3.39. The largest absolute Gasteiger partial charge is 0.347 e. The summed E-state index contributed by atoms with van der Waals surface area (Å²) in [5.74, 6) is 1.05. The fourth-order valence-electron chi connectivity index (χ4n) is 4.18. The molecule has 1 N–H and O–H groups in total. The molecule has 28 heavy (non-hydrogen) atoms. The van der Waals surface area contributed by atoms with Crippen molar-refractivity contribution >= 4 is 44.2 Å². The Morgan fingerprint density at radius 1 is 1.18 bits per heavy atom. The number of aryl methyl sites for hydroxylation is 3. The van der Waals surface area contributed by atoms with Gasteiger partial charge in [0.05, 0.1) is 11.1 Å². The van der Waals surface area contributed by atoms with E-state index in [1.54, 1.807) is 11.3 Å². The first-order valence-electron chi connectivity index (χ1n) is 9.55. The second-order valence-corrected chi connectivity index (χ2v) is 9.32. The van der Waals surface area contributed by atoms with Crippen molar-refractivity contribution in [1.29, 1.82) is 0 Å². The van der Waals surface area contributed by atoms with Gasteiger partial charge in [-0.05, 0) is 61.8 Å². The number of H-pyrrole nitrogens is 1. The third-order valence-corrected chi connectivity index (χ3v) is 7.36. The number of benzene rings is 1. The van der Waals surface area contributed by atoms with E-state index in [-0.39, 0.29) is 11.2 Å². The van der Waals surface area contributed by atoms with E-state index in [0.29, 0.717) is 11.1 Å². The maximum Gasteiger partial charge on any atom is 0.334 e. The SMILES string of the molecule is CSCCn1ccc2cc(-n3c(=O)[nH]c4sc5c(c4c3=O)CCCC5)ccc21. The van der Waals surface area contributed by atoms with Crippen molar-refractivity contribution in [2.75, 3.05) is 12.0 Å². The molecule has 144 valence electrons. The van der Waals surface area contributed by atoms with E-state index in [2.05, 4.69) is 22.0 Å². The summed E-state index contributed by atoms with van der Waals surface area (Å²) in [6.45, 7) is 0.942. The van der Waals surface area contributed by atoms with Gasteiger partial charge in [-0.15, -0.1) is 11.3 Å². The molecule has 7 heteroatoms. The van der Waals surface area contributed by atoms with Gasteiger partial charge in [0, 0.05) is 34.3 Å². The number of thioether (sulfide) groups is 1. The molecule has 5 nitrogen and oxygen atoms in total. The molecule has 0 amide bonds. The monoisotopic (exact) mass is 411 g/mol. The Bertz CT molecular complexity index is 1310. The molecule has 1 aromatic carbocycles. The molecule has 0 unspecified atom stereocenters. The number of aromatic amines is 1. The van der Waals surface area contributed by atoms with E-state index in [1.165, 1.54) is 9.44 Å². The molecule has 1 aliphatic rings. The molecule has 0 saturated heterocycles. The fraction of sp³-hybridized carbons (Fsp3) is 0.333. The van der Waals surface area contributed by atoms with Gasteiger partial charge < -0.3 is 4.57 Å². The molecular weight excluding hydrogens is 390 g/mol. The van der Waals surface area contributed by atoms with Crippen molar-refractivity contribution in [3.63, 3.8) is 0 Å². The van der Waals surface area contributed by atoms with Gasteiger partial charge in [-0.1, -0.05) is 0 Å². The molecule has 0 saturated carbocycles. The lowest BCUT2D eigenvalue weighted by Gasteiger charge is -2.10. The summed E-state index contributed by atoms with van der Waals surface area (Å²) in [6, 6.07) is 7.86. The van der Waals surface area contributed by atoms with Gasteiger partial charge in [-0.25, -0.2) is 9.36 Å². The number of aromatic nitrogens is 3. The minimum absolute atomic E-state index is 0.195. The van der Waals surface area contributed by atoms with Crippen LogP contribution >= 0.6 is 23.1 Å². The molecule has 4 aromatic rings. The number of hydrogen-bond acceptors (Lipinski definition) is 4. The van der Waals surface area contributed by atoms with Gasteiger partial charge in [-0.2, -0.15) is 11.8 Å². The fourth-order valence-corrected chi connectivity index (χ4v) is 5.83. The maximum absolute atomic E-state index is 13.3. The molecule has 0 bridgehead atoms. The van der Waals surface area contributed by atoms with Crippen LogP contribution in [0.15, 0.2) is 40.1 Å². The number of nitrogens with zero attached hydrogens (tertiary/aromatic N) is 2. The van der Waals surface area contributed by atoms with Crippen LogP contribution in [0.3, 0.4) is 0 Å². The van der Waals surface area contributed by atoms with E-state index < -0.39 is 0 Å². The van der Waals surface area contributed by atoms with Crippen molar-refractivity contribution in [2.45, 2.75) is 32.2 Å². The van der Waals surface area contributed by atoms with Gasteiger partial charge in [0.25, 0.3) is 5.56 Å². The highest BCUT2D eigenvalue weighted by atomic mass is 32.2. The standard InChI is InChI=1S/C21H21N3O2S2/c1-27-11-10-23-9-8-13-12-14(6-7-16(13)23)24-20(25)18-15-4-2-3-5-17(15)28-19(18)22-21(24)26/h6-9,12H,2-5,10-11H2,1H3,(H,22,26). The predicted molar refractivity (Wildman–Crippen MR) is 119 cm³/mol. The first-order valence-corrected chi connectivity index (χ1v) is 11.8. The predicted octanol–water partition coefficient (Wildman–Crippen LogP) is 3.94. The summed E-state index contributed by atoms with van der Waals surface area (Å²) in [6.07, 6.45) is 8.35. The Balaban J connectivity index is 1.68. The highest BCUT2D eigenvalue weighted by molar-refractivity contribution is 7.98. The minimum Gasteiger partial charge on any atom is -0.347 e. The van der Waals surface area contributed by atoms with Crippen LogP contribution < -0.4 is 11.2 Å². The molecule has 0 atom stereocenters. The number of rotatable bonds is 4. The first kappa shape index (κ1) is 17.8. The van der Waals surface area contributed by atoms with E-state index in [0.717, 1.165) is 59.3 Å². The molecular formula is C21H21N3O2S2. The Morgan fingerprint density at radius 3 is 2.89 bits per heavy atom. The average molecular weight is 412 g/mol. The van der Waals surface area contributed by atoms with Crippen molar-refractivity contribution < 1.29 is 0 Å². The van der Waals surface area contributed by atoms with E-state index >= 15 is 0 Å². The molecule has 0 spiro atoms. The van der Waals surface area contributed by atoms with Crippen LogP contribution in [-0.4, -0.2) is 26.1 Å². The molecule has 0 radical (unpaired) electrons. The minimum atomic E-state index is -0.364. The summed E-state index contributed by atoms with van der Waals surface area (Å²) in [4.78, 5) is 31.0. The number of fused-ring (bicyclic) bond motifs is 4. The number of nitrogens with one attached hydrogen (secondary N) is 1. The Labute approximate surface area is 170 Å². The Kier molecular flexibility index (Phi) is 4.44. The summed E-state index contributed by atoms with van der Waals surface area (Å²) in [5.41, 5.74) is 2.33. The lowest BCUT2D eigenvalue weighted by atomic mass is 9.97. The average Bonchev–Trinajstić information content (AvgIpc) is 3.26. The molecule has 3 aromatic heterocycles. The number of thiophene rings is 1. The summed E-state index contributed by atoms with van der Waals surface area (Å²) < 4.78 is 3.50. The highest BCUT2D eigenvalue weighted by Crippen LogP contribution is 2.33. The Morgan fingerprint density at radius 2 is 2.04 bits per heavy atom. The van der Waals surface area contributed by atoms with Crippen LogP contribution in [0.25, 0.3) is 26.8 Å². The molecule has 0 fully saturated rings. The number of hydrogen-bond donors (Lipinski definition) is 1. The Hall–Kier alpha value is -2.25. The molecule has 0 aliphatic heterocycles. The zero-order chi connectivity index (χ0) is 19.3. The molecule has 5 rings (SSSR count). The van der Waals surface area contributed by atoms with Crippen LogP contribution in [0.5, 0.6) is 0 Å². The van der Waals surface area contributed by atoms with Gasteiger partial charge in [-0.3, -0.25) is 9.78 Å². The van der Waals surface area contributed by atoms with Crippen LogP contribution in [0.1, 0.15) is 23.3 Å². The van der Waals surface area contributed by atoms with Crippen LogP contribution in [0.4, 0.5) is 0 Å². The van der Waals surface area contributed by atoms with Gasteiger partial charge >= 0.3 is 5.69 Å². The van der Waals surface area contributed by atoms with Crippen molar-refractivity contribution in [3.8, 4) is 5.69 Å². The third kappa shape index (κ3) is 2.76. The molecule has 1 aliphatic carbocycles. The zero-order valence-electron chi connectivity index (χ0n) is 15.7. The van der Waals surface area contributed by atoms with Crippen molar-refractivity contribution in [1.82, 2.24) is 14.1 Å². The lowest BCUT2D eigenvalue weighted by Crippen LogP contribution is -2.33. The highest BCUT2D eigenvalue weighted by Gasteiger charge is 2.21. The van der Waals surface area contributed by atoms with E-state index in [4.69, 9.17) is 0 Å². The second kappa shape index (κ2) is 6.97. The zero-order valence-corrected chi connectivity index (χ0v) is 17.3. The topological polar surface area (TPSA) is 59.8 Å². The smallest absolute Gasteiger partial charge is 0.334 e. The van der Waals surface area contributed by atoms with Crippen molar-refractivity contribution in [3.05, 3.63) is 61.7 Å². The maximum atomic E-state index is 13.3. The quantitative estimate of drug-likeness (QED) is 0.553. The molecule has 3 heterocycles. The normalized spacial score (nSPS) is 14.0.